The summed E-state index contributed by atoms with van der Waals surface area (Å²) in [4.78, 5) is 10.7. The van der Waals surface area contributed by atoms with Gasteiger partial charge in [0.2, 0.25) is 0 Å². The molecule has 0 spiro atoms. The van der Waals surface area contributed by atoms with E-state index < -0.39 is 5.97 Å². The van der Waals surface area contributed by atoms with Gasteiger partial charge in [0.1, 0.15) is 0 Å². The zero-order chi connectivity index (χ0) is 8.97. The molecule has 0 radical (unpaired) electrons. The molecule has 1 rings (SSSR count). The summed E-state index contributed by atoms with van der Waals surface area (Å²) in [6.45, 7) is 3.56. The number of halogens is 1. The van der Waals surface area contributed by atoms with Gasteiger partial charge >= 0.3 is 5.97 Å². The lowest BCUT2D eigenvalue weighted by Gasteiger charge is -2.00. The van der Waals surface area contributed by atoms with Crippen LogP contribution < -0.4 is 0 Å². The van der Waals surface area contributed by atoms with Gasteiger partial charge in [0, 0.05) is 0 Å². The molecule has 1 aromatic carbocycles. The predicted molar refractivity (Wildman–Crippen MR) is 54.6 cm³/mol. The summed E-state index contributed by atoms with van der Waals surface area (Å²) in [7, 11) is 0. The summed E-state index contributed by atoms with van der Waals surface area (Å²) in [5.74, 6) is -0.882. The van der Waals surface area contributed by atoms with Crippen LogP contribution in [0.25, 0.3) is 0 Å². The Morgan fingerprint density at radius 2 is 2.08 bits per heavy atom. The van der Waals surface area contributed by atoms with E-state index in [1.807, 2.05) is 6.07 Å². The number of hydrogen-bond acceptors (Lipinski definition) is 1. The van der Waals surface area contributed by atoms with E-state index in [1.54, 1.807) is 24.3 Å². The van der Waals surface area contributed by atoms with Crippen molar-refractivity contribution in [1.29, 1.82) is 0 Å². The predicted octanol–water partition coefficient (Wildman–Crippen LogP) is 2.54. The molecule has 13 heavy (non-hydrogen) atoms. The molecule has 0 aliphatic carbocycles. The van der Waals surface area contributed by atoms with Crippen LogP contribution in [0.3, 0.4) is 0 Å². The third-order valence-electron chi connectivity index (χ3n) is 1.61. The van der Waals surface area contributed by atoms with Crippen molar-refractivity contribution in [2.45, 2.75) is 6.42 Å². The van der Waals surface area contributed by atoms with Crippen LogP contribution in [0, 0.1) is 0 Å². The van der Waals surface area contributed by atoms with Gasteiger partial charge in [-0.2, -0.15) is 0 Å². The van der Waals surface area contributed by atoms with Crippen LogP contribution in [0.15, 0.2) is 36.9 Å². The number of allylic oxidation sites excluding steroid dienone is 1. The molecule has 0 atom stereocenters. The van der Waals surface area contributed by atoms with Crippen molar-refractivity contribution in [2.24, 2.45) is 0 Å². The van der Waals surface area contributed by atoms with Crippen LogP contribution in [0.2, 0.25) is 0 Å². The molecule has 0 saturated carbocycles. The molecule has 0 fully saturated rings. The molecule has 0 amide bonds. The van der Waals surface area contributed by atoms with Crippen LogP contribution >= 0.6 is 12.4 Å². The summed E-state index contributed by atoms with van der Waals surface area (Å²) < 4.78 is 0. The smallest absolute Gasteiger partial charge is 0.335 e. The highest BCUT2D eigenvalue weighted by Crippen LogP contribution is 2.09. The maximum Gasteiger partial charge on any atom is 0.335 e. The van der Waals surface area contributed by atoms with Crippen LogP contribution in [0.4, 0.5) is 0 Å². The summed E-state index contributed by atoms with van der Waals surface area (Å²) >= 11 is 0. The molecule has 0 aromatic heterocycles. The molecule has 0 unspecified atom stereocenters. The lowest BCUT2D eigenvalue weighted by molar-refractivity contribution is 0.0696. The fourth-order valence-electron chi connectivity index (χ4n) is 1.06. The maximum absolute atomic E-state index is 10.7. The monoisotopic (exact) mass is 198 g/mol. The molecule has 1 N–H and O–H groups in total. The van der Waals surface area contributed by atoms with Crippen molar-refractivity contribution in [3.05, 3.63) is 48.0 Å². The highest BCUT2D eigenvalue weighted by molar-refractivity contribution is 5.89. The first-order chi connectivity index (χ1) is 5.75. The topological polar surface area (TPSA) is 37.3 Å². The Kier molecular flexibility index (Phi) is 4.85. The molecular weight excluding hydrogens is 188 g/mol. The third kappa shape index (κ3) is 2.92. The molecule has 0 aliphatic rings. The Hall–Kier alpha value is -1.28. The third-order valence-corrected chi connectivity index (χ3v) is 1.61. The number of carbonyl (C=O) groups is 1. The van der Waals surface area contributed by atoms with Crippen LogP contribution in [0.1, 0.15) is 15.9 Å². The van der Waals surface area contributed by atoms with Gasteiger partial charge in [0.05, 0.1) is 5.56 Å². The van der Waals surface area contributed by atoms with Crippen molar-refractivity contribution in [3.63, 3.8) is 0 Å². The van der Waals surface area contributed by atoms with Crippen LogP contribution in [-0.2, 0) is 6.42 Å². The molecule has 3 heteroatoms. The Morgan fingerprint density at radius 3 is 2.62 bits per heavy atom. The first-order valence-corrected chi connectivity index (χ1v) is 3.68. The van der Waals surface area contributed by atoms with Crippen molar-refractivity contribution in [3.8, 4) is 0 Å². The number of carboxylic acid groups (broad SMARTS) is 1. The first kappa shape index (κ1) is 11.7. The van der Waals surface area contributed by atoms with Gasteiger partial charge < -0.3 is 5.11 Å². The Morgan fingerprint density at radius 1 is 1.46 bits per heavy atom. The van der Waals surface area contributed by atoms with Crippen molar-refractivity contribution in [1.82, 2.24) is 0 Å². The normalized spacial score (nSPS) is 8.62. The average molecular weight is 199 g/mol. The Bertz CT molecular complexity index is 308. The fraction of sp³-hybridized carbons (Fsp3) is 0.100. The summed E-state index contributed by atoms with van der Waals surface area (Å²) in [6, 6.07) is 6.94. The fourth-order valence-corrected chi connectivity index (χ4v) is 1.06. The molecule has 0 heterocycles. The highest BCUT2D eigenvalue weighted by Gasteiger charge is 2.06. The summed E-state index contributed by atoms with van der Waals surface area (Å²) in [5.41, 5.74) is 1.16. The highest BCUT2D eigenvalue weighted by atomic mass is 35.5. The number of rotatable bonds is 3. The van der Waals surface area contributed by atoms with Gasteiger partial charge in [0.15, 0.2) is 0 Å². The quantitative estimate of drug-likeness (QED) is 0.758. The standard InChI is InChI=1S/C10H10O2.ClH/c1-2-5-8-6-3-4-7-9(8)10(11)12;/h2-4,6-7H,1,5H2,(H,11,12);1H. The molecule has 2 nitrogen and oxygen atoms in total. The van der Waals surface area contributed by atoms with Crippen molar-refractivity contribution in [2.75, 3.05) is 0 Å². The lowest BCUT2D eigenvalue weighted by Crippen LogP contribution is -2.00. The van der Waals surface area contributed by atoms with Gasteiger partial charge in [-0.1, -0.05) is 24.3 Å². The molecule has 0 bridgehead atoms. The minimum atomic E-state index is -0.882. The molecule has 0 aliphatic heterocycles. The second-order valence-corrected chi connectivity index (χ2v) is 2.46. The van der Waals surface area contributed by atoms with E-state index in [2.05, 4.69) is 6.58 Å². The van der Waals surface area contributed by atoms with E-state index in [0.717, 1.165) is 5.56 Å². The van der Waals surface area contributed by atoms with Gasteiger partial charge in [-0.3, -0.25) is 0 Å². The van der Waals surface area contributed by atoms with Gasteiger partial charge in [0.25, 0.3) is 0 Å². The molecular formula is C10H11ClO2. The van der Waals surface area contributed by atoms with Crippen LogP contribution in [0.5, 0.6) is 0 Å². The number of benzene rings is 1. The Balaban J connectivity index is 0.00000144. The maximum atomic E-state index is 10.7. The number of aromatic carboxylic acids is 1. The van der Waals surface area contributed by atoms with Crippen molar-refractivity contribution >= 4 is 18.4 Å². The van der Waals surface area contributed by atoms with Gasteiger partial charge in [-0.15, -0.1) is 19.0 Å². The van der Waals surface area contributed by atoms with E-state index in [0.29, 0.717) is 12.0 Å². The zero-order valence-electron chi connectivity index (χ0n) is 7.06. The number of hydrogen-bond donors (Lipinski definition) is 1. The van der Waals surface area contributed by atoms with E-state index >= 15 is 0 Å². The van der Waals surface area contributed by atoms with Gasteiger partial charge in [-0.25, -0.2) is 4.79 Å². The van der Waals surface area contributed by atoms with E-state index in [1.165, 1.54) is 0 Å². The average Bonchev–Trinajstić information content (AvgIpc) is 2.05. The van der Waals surface area contributed by atoms with E-state index in [4.69, 9.17) is 5.11 Å². The Labute approximate surface area is 83.3 Å². The number of carboxylic acids is 1. The minimum Gasteiger partial charge on any atom is -0.478 e. The summed E-state index contributed by atoms with van der Waals surface area (Å²) in [6.07, 6.45) is 2.30. The van der Waals surface area contributed by atoms with Crippen LogP contribution in [-0.4, -0.2) is 11.1 Å². The molecule has 0 saturated heterocycles. The minimum absolute atomic E-state index is 0. The second kappa shape index (κ2) is 5.38. The van der Waals surface area contributed by atoms with E-state index in [9.17, 15) is 4.79 Å². The summed E-state index contributed by atoms with van der Waals surface area (Å²) in [5, 5.41) is 8.76. The molecule has 70 valence electrons. The first-order valence-electron chi connectivity index (χ1n) is 3.68. The van der Waals surface area contributed by atoms with Gasteiger partial charge in [-0.05, 0) is 18.1 Å². The second-order valence-electron chi connectivity index (χ2n) is 2.46. The SMILES string of the molecule is C=CCc1ccccc1C(=O)O.Cl. The lowest BCUT2D eigenvalue weighted by atomic mass is 10.1. The largest absolute Gasteiger partial charge is 0.478 e. The van der Waals surface area contributed by atoms with E-state index in [-0.39, 0.29) is 12.4 Å². The zero-order valence-corrected chi connectivity index (χ0v) is 7.88. The van der Waals surface area contributed by atoms with Crippen molar-refractivity contribution < 1.29 is 9.90 Å². The molecule has 1 aromatic rings.